The summed E-state index contributed by atoms with van der Waals surface area (Å²) < 4.78 is 5.25. The van der Waals surface area contributed by atoms with Crippen LogP contribution in [0.2, 0.25) is 0 Å². The Morgan fingerprint density at radius 3 is 2.22 bits per heavy atom. The number of hydrogen-bond donors (Lipinski definition) is 2. The highest BCUT2D eigenvalue weighted by molar-refractivity contribution is 5.77. The molecule has 0 unspecified atom stereocenters. The minimum Gasteiger partial charge on any atom is -0.508 e. The third-order valence-electron chi connectivity index (χ3n) is 2.64. The van der Waals surface area contributed by atoms with Crippen molar-refractivity contribution in [3.63, 3.8) is 0 Å². The molecule has 1 aromatic rings. The van der Waals surface area contributed by atoms with Gasteiger partial charge in [0.2, 0.25) is 0 Å². The van der Waals surface area contributed by atoms with E-state index in [4.69, 9.17) is 10.5 Å². The zero-order valence-corrected chi connectivity index (χ0v) is 11.3. The van der Waals surface area contributed by atoms with Crippen molar-refractivity contribution >= 4 is 5.97 Å². The number of phenolic OH excluding ortho intramolecular Hbond substituents is 1. The van der Waals surface area contributed by atoms with Crippen molar-refractivity contribution in [2.75, 3.05) is 0 Å². The van der Waals surface area contributed by atoms with Crippen molar-refractivity contribution < 1.29 is 14.6 Å². The second-order valence-electron chi connectivity index (χ2n) is 5.44. The lowest BCUT2D eigenvalue weighted by atomic mass is 9.94. The predicted molar refractivity (Wildman–Crippen MR) is 70.3 cm³/mol. The molecule has 0 radical (unpaired) electrons. The van der Waals surface area contributed by atoms with Crippen LogP contribution in [0.25, 0.3) is 0 Å². The monoisotopic (exact) mass is 251 g/mol. The zero-order valence-electron chi connectivity index (χ0n) is 11.3. The molecule has 18 heavy (non-hydrogen) atoms. The lowest BCUT2D eigenvalue weighted by molar-refractivity contribution is -0.156. The molecular weight excluding hydrogens is 230 g/mol. The predicted octanol–water partition coefficient (Wildman–Crippen LogP) is 2.16. The number of aromatic hydroxyl groups is 1. The fourth-order valence-corrected chi connectivity index (χ4v) is 1.56. The van der Waals surface area contributed by atoms with Gasteiger partial charge in [-0.15, -0.1) is 0 Å². The Labute approximate surface area is 108 Å². The van der Waals surface area contributed by atoms with Gasteiger partial charge in [-0.25, -0.2) is 0 Å². The molecule has 0 heterocycles. The maximum absolute atomic E-state index is 11.8. The maximum Gasteiger partial charge on any atom is 0.324 e. The van der Waals surface area contributed by atoms with Crippen molar-refractivity contribution in [3.8, 4) is 5.75 Å². The zero-order chi connectivity index (χ0) is 13.9. The van der Waals surface area contributed by atoms with Crippen molar-refractivity contribution in [2.45, 2.75) is 45.3 Å². The molecule has 0 aliphatic heterocycles. The van der Waals surface area contributed by atoms with Crippen molar-refractivity contribution in [1.29, 1.82) is 0 Å². The number of phenols is 1. The first-order chi connectivity index (χ1) is 8.20. The van der Waals surface area contributed by atoms with E-state index in [0.717, 1.165) is 5.56 Å². The molecule has 100 valence electrons. The largest absolute Gasteiger partial charge is 0.508 e. The van der Waals surface area contributed by atoms with E-state index < -0.39 is 17.6 Å². The summed E-state index contributed by atoms with van der Waals surface area (Å²) in [6.45, 7) is 7.29. The van der Waals surface area contributed by atoms with Crippen molar-refractivity contribution in [2.24, 2.45) is 5.73 Å². The van der Waals surface area contributed by atoms with Crippen LogP contribution in [0.3, 0.4) is 0 Å². The Morgan fingerprint density at radius 2 is 1.78 bits per heavy atom. The summed E-state index contributed by atoms with van der Waals surface area (Å²) in [4.78, 5) is 11.8. The number of benzene rings is 1. The van der Waals surface area contributed by atoms with Gasteiger partial charge in [-0.2, -0.15) is 0 Å². The molecule has 0 saturated carbocycles. The summed E-state index contributed by atoms with van der Waals surface area (Å²) in [7, 11) is 0. The quantitative estimate of drug-likeness (QED) is 0.807. The van der Waals surface area contributed by atoms with Crippen LogP contribution in [0, 0.1) is 0 Å². The fraction of sp³-hybridized carbons (Fsp3) is 0.500. The topological polar surface area (TPSA) is 72.5 Å². The molecule has 4 heteroatoms. The van der Waals surface area contributed by atoms with Crippen LogP contribution in [-0.4, -0.2) is 22.7 Å². The van der Waals surface area contributed by atoms with E-state index >= 15 is 0 Å². The van der Waals surface area contributed by atoms with Gasteiger partial charge in [0, 0.05) is 5.92 Å². The maximum atomic E-state index is 11.8. The molecule has 0 bridgehead atoms. The molecule has 4 nitrogen and oxygen atoms in total. The van der Waals surface area contributed by atoms with Crippen molar-refractivity contribution in [3.05, 3.63) is 29.8 Å². The Hall–Kier alpha value is -1.55. The molecule has 0 aliphatic carbocycles. The number of esters is 1. The van der Waals surface area contributed by atoms with Crippen LogP contribution in [-0.2, 0) is 9.53 Å². The molecule has 3 N–H and O–H groups in total. The van der Waals surface area contributed by atoms with Gasteiger partial charge < -0.3 is 15.6 Å². The molecule has 0 saturated heterocycles. The van der Waals surface area contributed by atoms with Crippen molar-refractivity contribution in [1.82, 2.24) is 0 Å². The summed E-state index contributed by atoms with van der Waals surface area (Å²) in [6.07, 6.45) is 0. The number of carbonyl (C=O) groups is 1. The molecule has 1 rings (SSSR count). The highest BCUT2D eigenvalue weighted by Gasteiger charge is 2.27. The number of ether oxygens (including phenoxy) is 1. The van der Waals surface area contributed by atoms with Crippen LogP contribution >= 0.6 is 0 Å². The standard InChI is InChI=1S/C14H21NO3/c1-9(10-5-7-11(16)8-6-10)12(15)13(17)18-14(2,3)4/h5-9,12,16H,15H2,1-4H3/t9-,12-/m1/s1. The summed E-state index contributed by atoms with van der Waals surface area (Å²) in [5.41, 5.74) is 6.26. The van der Waals surface area contributed by atoms with E-state index in [9.17, 15) is 9.90 Å². The van der Waals surface area contributed by atoms with Crippen LogP contribution in [0.4, 0.5) is 0 Å². The number of hydrogen-bond acceptors (Lipinski definition) is 4. The number of nitrogens with two attached hydrogens (primary N) is 1. The second-order valence-corrected chi connectivity index (χ2v) is 5.44. The minimum absolute atomic E-state index is 0.166. The van der Waals surface area contributed by atoms with Gasteiger partial charge in [0.25, 0.3) is 0 Å². The van der Waals surface area contributed by atoms with E-state index in [-0.39, 0.29) is 11.7 Å². The SMILES string of the molecule is C[C@H](c1ccc(O)cc1)[C@@H](N)C(=O)OC(C)(C)C. The van der Waals surface area contributed by atoms with Crippen LogP contribution in [0.15, 0.2) is 24.3 Å². The number of carbonyl (C=O) groups excluding carboxylic acids is 1. The van der Waals surface area contributed by atoms with Gasteiger partial charge in [-0.05, 0) is 38.5 Å². The van der Waals surface area contributed by atoms with E-state index in [1.165, 1.54) is 0 Å². The molecule has 0 aromatic heterocycles. The fourth-order valence-electron chi connectivity index (χ4n) is 1.56. The molecular formula is C14H21NO3. The Balaban J connectivity index is 2.74. The normalized spacial score (nSPS) is 14.9. The van der Waals surface area contributed by atoms with Gasteiger partial charge in [-0.1, -0.05) is 19.1 Å². The van der Waals surface area contributed by atoms with Gasteiger partial charge in [0.1, 0.15) is 17.4 Å². The highest BCUT2D eigenvalue weighted by atomic mass is 16.6. The smallest absolute Gasteiger partial charge is 0.324 e. The Kier molecular flexibility index (Phi) is 4.35. The van der Waals surface area contributed by atoms with E-state index in [0.29, 0.717) is 0 Å². The van der Waals surface area contributed by atoms with Gasteiger partial charge in [0.15, 0.2) is 0 Å². The van der Waals surface area contributed by atoms with Gasteiger partial charge in [0.05, 0.1) is 0 Å². The molecule has 0 amide bonds. The first-order valence-electron chi connectivity index (χ1n) is 5.98. The molecule has 0 spiro atoms. The summed E-state index contributed by atoms with van der Waals surface area (Å²) in [5.74, 6) is -0.389. The highest BCUT2D eigenvalue weighted by Crippen LogP contribution is 2.22. The lowest BCUT2D eigenvalue weighted by Crippen LogP contribution is -2.40. The average molecular weight is 251 g/mol. The van der Waals surface area contributed by atoms with Crippen LogP contribution < -0.4 is 5.73 Å². The van der Waals surface area contributed by atoms with Crippen LogP contribution in [0.5, 0.6) is 5.75 Å². The first-order valence-corrected chi connectivity index (χ1v) is 5.98. The minimum atomic E-state index is -0.714. The molecule has 0 aliphatic rings. The van der Waals surface area contributed by atoms with E-state index in [1.807, 2.05) is 27.7 Å². The van der Waals surface area contributed by atoms with E-state index in [2.05, 4.69) is 0 Å². The lowest BCUT2D eigenvalue weighted by Gasteiger charge is -2.25. The number of rotatable bonds is 3. The Morgan fingerprint density at radius 1 is 1.28 bits per heavy atom. The van der Waals surface area contributed by atoms with Crippen LogP contribution in [0.1, 0.15) is 39.2 Å². The summed E-state index contributed by atoms with van der Waals surface area (Å²) in [6, 6.07) is 5.95. The third-order valence-corrected chi connectivity index (χ3v) is 2.64. The third kappa shape index (κ3) is 4.04. The van der Waals surface area contributed by atoms with E-state index in [1.54, 1.807) is 24.3 Å². The first kappa shape index (κ1) is 14.5. The Bertz CT molecular complexity index is 406. The summed E-state index contributed by atoms with van der Waals surface area (Å²) in [5, 5.41) is 9.22. The molecule has 1 aromatic carbocycles. The second kappa shape index (κ2) is 5.40. The summed E-state index contributed by atoms with van der Waals surface area (Å²) >= 11 is 0. The molecule has 0 fully saturated rings. The van der Waals surface area contributed by atoms with Gasteiger partial charge in [-0.3, -0.25) is 4.79 Å². The van der Waals surface area contributed by atoms with Gasteiger partial charge >= 0.3 is 5.97 Å². The average Bonchev–Trinajstić information content (AvgIpc) is 2.26. The molecule has 2 atom stereocenters.